The first-order valence-corrected chi connectivity index (χ1v) is 7.41. The van der Waals surface area contributed by atoms with Gasteiger partial charge in [-0.2, -0.15) is 0 Å². The molecule has 0 aliphatic rings. The lowest BCUT2D eigenvalue weighted by molar-refractivity contribution is -0.115. The van der Waals surface area contributed by atoms with E-state index in [9.17, 15) is 9.59 Å². The molecule has 2 amide bonds. The summed E-state index contributed by atoms with van der Waals surface area (Å²) >= 11 is 6.88. The van der Waals surface area contributed by atoms with Gasteiger partial charge in [0.2, 0.25) is 5.91 Å². The van der Waals surface area contributed by atoms with Crippen LogP contribution in [0.4, 0.5) is 11.4 Å². The number of anilines is 2. The number of thiophene rings is 1. The van der Waals surface area contributed by atoms with E-state index in [1.165, 1.54) is 11.3 Å². The molecule has 6 heteroatoms. The van der Waals surface area contributed by atoms with Gasteiger partial charge in [-0.15, -0.1) is 22.9 Å². The Kier molecular flexibility index (Phi) is 5.15. The van der Waals surface area contributed by atoms with Crippen molar-refractivity contribution >= 4 is 46.1 Å². The maximum atomic E-state index is 11.9. The van der Waals surface area contributed by atoms with Crippen LogP contribution in [0.25, 0.3) is 0 Å². The van der Waals surface area contributed by atoms with E-state index >= 15 is 0 Å². The third kappa shape index (κ3) is 4.08. The van der Waals surface area contributed by atoms with Crippen molar-refractivity contribution in [2.45, 2.75) is 6.42 Å². The maximum Gasteiger partial charge on any atom is 0.265 e. The molecule has 2 rings (SSSR count). The second kappa shape index (κ2) is 7.07. The number of amides is 2. The minimum absolute atomic E-state index is 0.151. The van der Waals surface area contributed by atoms with Crippen LogP contribution in [-0.2, 0) is 4.79 Å². The van der Waals surface area contributed by atoms with Gasteiger partial charge in [0, 0.05) is 23.7 Å². The van der Waals surface area contributed by atoms with Crippen LogP contribution in [0.3, 0.4) is 0 Å². The second-order valence-electron chi connectivity index (χ2n) is 4.00. The number of benzene rings is 1. The van der Waals surface area contributed by atoms with Crippen molar-refractivity contribution in [3.8, 4) is 0 Å². The van der Waals surface area contributed by atoms with Crippen LogP contribution in [0.1, 0.15) is 16.1 Å². The van der Waals surface area contributed by atoms with E-state index in [4.69, 9.17) is 11.6 Å². The number of carbonyl (C=O) groups excluding carboxylic acids is 2. The van der Waals surface area contributed by atoms with Gasteiger partial charge in [0.25, 0.3) is 5.91 Å². The molecule has 2 N–H and O–H groups in total. The van der Waals surface area contributed by atoms with E-state index in [2.05, 4.69) is 10.6 Å². The van der Waals surface area contributed by atoms with Crippen molar-refractivity contribution < 1.29 is 9.59 Å². The average molecular weight is 309 g/mol. The lowest BCUT2D eigenvalue weighted by Crippen LogP contribution is -2.13. The van der Waals surface area contributed by atoms with E-state index in [0.717, 1.165) is 0 Å². The zero-order chi connectivity index (χ0) is 14.4. The molecule has 0 spiro atoms. The fourth-order valence-corrected chi connectivity index (χ4v) is 2.38. The summed E-state index contributed by atoms with van der Waals surface area (Å²) < 4.78 is 0. The highest BCUT2D eigenvalue weighted by Crippen LogP contribution is 2.17. The molecule has 0 radical (unpaired) electrons. The third-order valence-corrected chi connectivity index (χ3v) is 3.53. The highest BCUT2D eigenvalue weighted by molar-refractivity contribution is 7.12. The summed E-state index contributed by atoms with van der Waals surface area (Å²) in [6, 6.07) is 10.6. The Balaban J connectivity index is 2.02. The zero-order valence-electron chi connectivity index (χ0n) is 10.6. The molecule has 1 aromatic heterocycles. The van der Waals surface area contributed by atoms with Crippen LogP contribution in [0.15, 0.2) is 41.8 Å². The minimum atomic E-state index is -0.163. The van der Waals surface area contributed by atoms with E-state index < -0.39 is 0 Å². The monoisotopic (exact) mass is 308 g/mol. The Morgan fingerprint density at radius 2 is 1.85 bits per heavy atom. The molecular formula is C14H13ClN2O2S. The lowest BCUT2D eigenvalue weighted by atomic mass is 10.2. The predicted molar refractivity (Wildman–Crippen MR) is 82.7 cm³/mol. The minimum Gasteiger partial charge on any atom is -0.326 e. The summed E-state index contributed by atoms with van der Waals surface area (Å²) in [5, 5.41) is 7.35. The topological polar surface area (TPSA) is 58.2 Å². The third-order valence-electron chi connectivity index (χ3n) is 2.47. The molecular weight excluding hydrogens is 296 g/mol. The van der Waals surface area contributed by atoms with Gasteiger partial charge in [-0.3, -0.25) is 9.59 Å². The fraction of sp³-hybridized carbons (Fsp3) is 0.143. The number of hydrogen-bond acceptors (Lipinski definition) is 3. The maximum absolute atomic E-state index is 11.9. The van der Waals surface area contributed by atoms with E-state index in [1.807, 2.05) is 11.4 Å². The molecule has 0 fully saturated rings. The number of alkyl halides is 1. The molecule has 1 heterocycles. The average Bonchev–Trinajstić information content (AvgIpc) is 2.93. The Morgan fingerprint density at radius 1 is 1.10 bits per heavy atom. The summed E-state index contributed by atoms with van der Waals surface area (Å²) in [5.41, 5.74) is 1.26. The van der Waals surface area contributed by atoms with Gasteiger partial charge in [0.1, 0.15) is 0 Å². The van der Waals surface area contributed by atoms with Crippen LogP contribution in [0.2, 0.25) is 0 Å². The van der Waals surface area contributed by atoms with Gasteiger partial charge in [-0.25, -0.2) is 0 Å². The Morgan fingerprint density at radius 3 is 2.50 bits per heavy atom. The zero-order valence-corrected chi connectivity index (χ0v) is 12.1. The molecule has 2 aromatic rings. The largest absolute Gasteiger partial charge is 0.326 e. The van der Waals surface area contributed by atoms with Crippen molar-refractivity contribution in [1.29, 1.82) is 0 Å². The van der Waals surface area contributed by atoms with E-state index in [-0.39, 0.29) is 24.1 Å². The summed E-state index contributed by atoms with van der Waals surface area (Å²) in [6.45, 7) is 0. The summed E-state index contributed by atoms with van der Waals surface area (Å²) in [4.78, 5) is 24.0. The number of nitrogens with one attached hydrogen (secondary N) is 2. The molecule has 1 aromatic carbocycles. The molecule has 4 nitrogen and oxygen atoms in total. The molecule has 0 saturated heterocycles. The smallest absolute Gasteiger partial charge is 0.265 e. The summed E-state index contributed by atoms with van der Waals surface area (Å²) in [7, 11) is 0. The van der Waals surface area contributed by atoms with Crippen LogP contribution >= 0.6 is 22.9 Å². The van der Waals surface area contributed by atoms with Crippen molar-refractivity contribution in [2.24, 2.45) is 0 Å². The van der Waals surface area contributed by atoms with Crippen molar-refractivity contribution in [2.75, 3.05) is 16.5 Å². The van der Waals surface area contributed by atoms with Gasteiger partial charge in [0.05, 0.1) is 4.88 Å². The molecule has 0 saturated carbocycles. The van der Waals surface area contributed by atoms with Crippen molar-refractivity contribution in [1.82, 2.24) is 0 Å². The van der Waals surface area contributed by atoms with Crippen LogP contribution in [0.5, 0.6) is 0 Å². The summed E-state index contributed by atoms with van der Waals surface area (Å²) in [6.07, 6.45) is 0.257. The first-order chi connectivity index (χ1) is 9.69. The van der Waals surface area contributed by atoms with Crippen LogP contribution in [-0.4, -0.2) is 17.7 Å². The van der Waals surface area contributed by atoms with E-state index in [0.29, 0.717) is 16.3 Å². The van der Waals surface area contributed by atoms with Gasteiger partial charge < -0.3 is 10.6 Å². The SMILES string of the molecule is O=C(CCCl)Nc1cccc(NC(=O)c2cccs2)c1. The highest BCUT2D eigenvalue weighted by atomic mass is 35.5. The molecule has 0 aliphatic carbocycles. The van der Waals surface area contributed by atoms with Crippen molar-refractivity contribution in [3.05, 3.63) is 46.7 Å². The first-order valence-electron chi connectivity index (χ1n) is 6.00. The van der Waals surface area contributed by atoms with Gasteiger partial charge in [0.15, 0.2) is 0 Å². The Labute approximate surface area is 125 Å². The Hall–Kier alpha value is -1.85. The first kappa shape index (κ1) is 14.6. The standard InChI is InChI=1S/C14H13ClN2O2S/c15-7-6-13(18)16-10-3-1-4-11(9-10)17-14(19)12-5-2-8-20-12/h1-5,8-9H,6-7H2,(H,16,18)(H,17,19). The highest BCUT2D eigenvalue weighted by Gasteiger charge is 2.07. The molecule has 104 valence electrons. The lowest BCUT2D eigenvalue weighted by Gasteiger charge is -2.07. The Bertz CT molecular complexity index is 599. The van der Waals surface area contributed by atoms with Crippen LogP contribution in [0, 0.1) is 0 Å². The molecule has 0 atom stereocenters. The molecule has 0 aliphatic heterocycles. The summed E-state index contributed by atoms with van der Waals surface area (Å²) in [5.74, 6) is -0.0355. The number of halogens is 1. The van der Waals surface area contributed by atoms with Gasteiger partial charge >= 0.3 is 0 Å². The normalized spacial score (nSPS) is 10.1. The number of hydrogen-bond donors (Lipinski definition) is 2. The quantitative estimate of drug-likeness (QED) is 0.830. The van der Waals surface area contributed by atoms with Crippen LogP contribution < -0.4 is 10.6 Å². The van der Waals surface area contributed by atoms with Crippen molar-refractivity contribution in [3.63, 3.8) is 0 Å². The van der Waals surface area contributed by atoms with Gasteiger partial charge in [-0.1, -0.05) is 12.1 Å². The van der Waals surface area contributed by atoms with Gasteiger partial charge in [-0.05, 0) is 29.6 Å². The molecule has 20 heavy (non-hydrogen) atoms. The fourth-order valence-electron chi connectivity index (χ4n) is 1.58. The molecule has 0 bridgehead atoms. The molecule has 0 unspecified atom stereocenters. The number of rotatable bonds is 5. The predicted octanol–water partition coefficient (Wildman–Crippen LogP) is 3.57. The number of carbonyl (C=O) groups is 2. The van der Waals surface area contributed by atoms with E-state index in [1.54, 1.807) is 30.3 Å². The second-order valence-corrected chi connectivity index (χ2v) is 5.33.